The average Bonchev–Trinajstić information content (AvgIpc) is 3.04. The Morgan fingerprint density at radius 1 is 1.20 bits per heavy atom. The lowest BCUT2D eigenvalue weighted by Gasteiger charge is -2.10. The Morgan fingerprint density at radius 2 is 1.95 bits per heavy atom. The number of nitrogen functional groups attached to an aromatic ring is 1. The molecule has 1 heterocycles. The number of aromatic nitrogens is 2. The molecule has 0 unspecified atom stereocenters. The van der Waals surface area contributed by atoms with Gasteiger partial charge in [-0.3, -0.25) is 5.10 Å². The molecule has 3 N–H and O–H groups in total. The summed E-state index contributed by atoms with van der Waals surface area (Å²) >= 11 is 12.1. The highest BCUT2D eigenvalue weighted by atomic mass is 35.5. The first-order valence-corrected chi connectivity index (χ1v) is 7.69. The van der Waals surface area contributed by atoms with E-state index in [1.807, 2.05) is 12.1 Å². The Balaban J connectivity index is 1.95. The molecule has 20 heavy (non-hydrogen) atoms. The quantitative estimate of drug-likeness (QED) is 0.863. The summed E-state index contributed by atoms with van der Waals surface area (Å²) in [6.07, 6.45) is 6.24. The zero-order chi connectivity index (χ0) is 14.1. The first-order chi connectivity index (χ1) is 9.65. The SMILES string of the molecule is Nc1n[nH]c(CC2CCCC2)c1-c1ccc(Cl)c(Cl)c1. The maximum Gasteiger partial charge on any atom is 0.153 e. The van der Waals surface area contributed by atoms with Crippen LogP contribution in [0.25, 0.3) is 11.1 Å². The minimum absolute atomic E-state index is 0.524. The van der Waals surface area contributed by atoms with Crippen molar-refractivity contribution >= 4 is 29.0 Å². The number of benzene rings is 1. The van der Waals surface area contributed by atoms with Gasteiger partial charge in [0.05, 0.1) is 10.0 Å². The van der Waals surface area contributed by atoms with Crippen LogP contribution in [0.15, 0.2) is 18.2 Å². The van der Waals surface area contributed by atoms with E-state index in [0.29, 0.717) is 15.9 Å². The summed E-state index contributed by atoms with van der Waals surface area (Å²) in [5.41, 5.74) is 9.06. The van der Waals surface area contributed by atoms with Crippen LogP contribution in [0.4, 0.5) is 5.82 Å². The fraction of sp³-hybridized carbons (Fsp3) is 0.400. The fourth-order valence-electron chi connectivity index (χ4n) is 3.02. The van der Waals surface area contributed by atoms with Crippen molar-refractivity contribution in [3.8, 4) is 11.1 Å². The smallest absolute Gasteiger partial charge is 0.153 e. The third-order valence-corrected chi connectivity index (χ3v) is 4.78. The van der Waals surface area contributed by atoms with Gasteiger partial charge in [-0.1, -0.05) is 55.0 Å². The lowest BCUT2D eigenvalue weighted by Crippen LogP contribution is -2.01. The van der Waals surface area contributed by atoms with E-state index in [1.165, 1.54) is 25.7 Å². The molecule has 1 saturated carbocycles. The van der Waals surface area contributed by atoms with Crippen LogP contribution < -0.4 is 5.73 Å². The van der Waals surface area contributed by atoms with E-state index in [9.17, 15) is 0 Å². The minimum atomic E-state index is 0.524. The number of hydrogen-bond acceptors (Lipinski definition) is 2. The Labute approximate surface area is 128 Å². The van der Waals surface area contributed by atoms with Gasteiger partial charge in [0.1, 0.15) is 0 Å². The molecule has 2 aromatic rings. The molecular formula is C15H17Cl2N3. The Morgan fingerprint density at radius 3 is 2.65 bits per heavy atom. The summed E-state index contributed by atoms with van der Waals surface area (Å²) in [5, 5.41) is 8.34. The zero-order valence-electron chi connectivity index (χ0n) is 11.1. The minimum Gasteiger partial charge on any atom is -0.382 e. The Kier molecular flexibility index (Phi) is 3.90. The second-order valence-corrected chi connectivity index (χ2v) is 6.26. The summed E-state index contributed by atoms with van der Waals surface area (Å²) in [6, 6.07) is 5.59. The number of nitrogens with one attached hydrogen (secondary N) is 1. The molecule has 0 bridgehead atoms. The molecule has 5 heteroatoms. The molecule has 1 fully saturated rings. The average molecular weight is 310 g/mol. The van der Waals surface area contributed by atoms with Gasteiger partial charge in [0.25, 0.3) is 0 Å². The standard InChI is InChI=1S/C15H17Cl2N3/c16-11-6-5-10(8-12(11)17)14-13(19-20-15(14)18)7-9-3-1-2-4-9/h5-6,8-9H,1-4,7H2,(H3,18,19,20). The zero-order valence-corrected chi connectivity index (χ0v) is 12.6. The number of halogens is 2. The van der Waals surface area contributed by atoms with Gasteiger partial charge in [0, 0.05) is 11.3 Å². The maximum absolute atomic E-state index is 6.10. The van der Waals surface area contributed by atoms with Crippen molar-refractivity contribution in [2.45, 2.75) is 32.1 Å². The molecular weight excluding hydrogens is 293 g/mol. The number of anilines is 1. The van der Waals surface area contributed by atoms with Crippen LogP contribution >= 0.6 is 23.2 Å². The number of hydrogen-bond donors (Lipinski definition) is 2. The highest BCUT2D eigenvalue weighted by molar-refractivity contribution is 6.42. The van der Waals surface area contributed by atoms with Crippen LogP contribution in [0, 0.1) is 5.92 Å². The van der Waals surface area contributed by atoms with E-state index in [4.69, 9.17) is 28.9 Å². The van der Waals surface area contributed by atoms with E-state index in [0.717, 1.165) is 29.2 Å². The number of nitrogens with two attached hydrogens (primary N) is 1. The number of rotatable bonds is 3. The van der Waals surface area contributed by atoms with Crippen LogP contribution in [0.1, 0.15) is 31.4 Å². The van der Waals surface area contributed by atoms with Crippen molar-refractivity contribution in [3.63, 3.8) is 0 Å². The molecule has 3 rings (SSSR count). The topological polar surface area (TPSA) is 54.7 Å². The van der Waals surface area contributed by atoms with Gasteiger partial charge in [-0.15, -0.1) is 0 Å². The first kappa shape index (κ1) is 13.8. The van der Waals surface area contributed by atoms with Gasteiger partial charge in [0.2, 0.25) is 0 Å². The maximum atomic E-state index is 6.10. The van der Waals surface area contributed by atoms with Crippen molar-refractivity contribution in [2.24, 2.45) is 5.92 Å². The second-order valence-electron chi connectivity index (χ2n) is 5.45. The molecule has 0 atom stereocenters. The van der Waals surface area contributed by atoms with E-state index < -0.39 is 0 Å². The van der Waals surface area contributed by atoms with E-state index >= 15 is 0 Å². The normalized spacial score (nSPS) is 15.9. The van der Waals surface area contributed by atoms with Gasteiger partial charge >= 0.3 is 0 Å². The fourth-order valence-corrected chi connectivity index (χ4v) is 3.32. The van der Waals surface area contributed by atoms with Crippen LogP contribution in [-0.4, -0.2) is 10.2 Å². The molecule has 1 aliphatic rings. The van der Waals surface area contributed by atoms with Crippen LogP contribution in [0.2, 0.25) is 10.0 Å². The summed E-state index contributed by atoms with van der Waals surface area (Å²) in [5.74, 6) is 1.26. The molecule has 0 saturated heterocycles. The molecule has 3 nitrogen and oxygen atoms in total. The predicted molar refractivity (Wildman–Crippen MR) is 84.1 cm³/mol. The molecule has 1 aromatic carbocycles. The summed E-state index contributed by atoms with van der Waals surface area (Å²) in [7, 11) is 0. The van der Waals surface area contributed by atoms with Crippen molar-refractivity contribution in [3.05, 3.63) is 33.9 Å². The predicted octanol–water partition coefficient (Wildman–Crippen LogP) is 4.70. The van der Waals surface area contributed by atoms with Gasteiger partial charge in [-0.25, -0.2) is 0 Å². The highest BCUT2D eigenvalue weighted by Gasteiger charge is 2.20. The largest absolute Gasteiger partial charge is 0.382 e. The highest BCUT2D eigenvalue weighted by Crippen LogP contribution is 2.36. The van der Waals surface area contributed by atoms with Crippen LogP contribution in [0.5, 0.6) is 0 Å². The monoisotopic (exact) mass is 309 g/mol. The summed E-state index contributed by atoms with van der Waals surface area (Å²) in [4.78, 5) is 0. The lowest BCUT2D eigenvalue weighted by molar-refractivity contribution is 0.539. The lowest BCUT2D eigenvalue weighted by atomic mass is 9.96. The number of nitrogens with zero attached hydrogens (tertiary/aromatic N) is 1. The summed E-state index contributed by atoms with van der Waals surface area (Å²) in [6.45, 7) is 0. The van der Waals surface area contributed by atoms with E-state index in [-0.39, 0.29) is 0 Å². The van der Waals surface area contributed by atoms with E-state index in [1.54, 1.807) is 6.07 Å². The van der Waals surface area contributed by atoms with Gasteiger partial charge < -0.3 is 5.73 Å². The van der Waals surface area contributed by atoms with Crippen molar-refractivity contribution in [1.82, 2.24) is 10.2 Å². The molecule has 0 spiro atoms. The Hall–Kier alpha value is -1.19. The van der Waals surface area contributed by atoms with Crippen LogP contribution in [0.3, 0.4) is 0 Å². The molecule has 1 aromatic heterocycles. The summed E-state index contributed by atoms with van der Waals surface area (Å²) < 4.78 is 0. The molecule has 0 aliphatic heterocycles. The van der Waals surface area contributed by atoms with Crippen molar-refractivity contribution in [1.29, 1.82) is 0 Å². The van der Waals surface area contributed by atoms with Crippen LogP contribution in [-0.2, 0) is 6.42 Å². The second kappa shape index (κ2) is 5.66. The molecule has 0 radical (unpaired) electrons. The third-order valence-electron chi connectivity index (χ3n) is 4.05. The molecule has 106 valence electrons. The van der Waals surface area contributed by atoms with Gasteiger partial charge in [-0.2, -0.15) is 5.10 Å². The first-order valence-electron chi connectivity index (χ1n) is 6.93. The van der Waals surface area contributed by atoms with Gasteiger partial charge in [0.15, 0.2) is 5.82 Å². The van der Waals surface area contributed by atoms with Crippen molar-refractivity contribution in [2.75, 3.05) is 5.73 Å². The Bertz CT molecular complexity index is 616. The molecule has 0 amide bonds. The van der Waals surface area contributed by atoms with E-state index in [2.05, 4.69) is 10.2 Å². The van der Waals surface area contributed by atoms with Gasteiger partial charge in [-0.05, 0) is 30.0 Å². The number of H-pyrrole nitrogens is 1. The number of aromatic amines is 1. The third kappa shape index (κ3) is 2.65. The van der Waals surface area contributed by atoms with Crippen molar-refractivity contribution < 1.29 is 0 Å². The molecule has 1 aliphatic carbocycles.